The van der Waals surface area contributed by atoms with E-state index in [0.717, 1.165) is 11.3 Å². The maximum Gasteiger partial charge on any atom is 0.161 e. The Labute approximate surface area is 132 Å². The van der Waals surface area contributed by atoms with Crippen LogP contribution in [0.25, 0.3) is 22.6 Å². The molecule has 0 aliphatic heterocycles. The van der Waals surface area contributed by atoms with Crippen LogP contribution in [0.1, 0.15) is 0 Å². The standard InChI is InChI=1S/C17H12ClFN2O/c1-22-14-4-2-3-12(9-14)15-10-16(18)21-17(20-15)11-5-7-13(19)8-6-11/h2-10H,1H3. The van der Waals surface area contributed by atoms with Crippen molar-refractivity contribution in [1.82, 2.24) is 9.97 Å². The fraction of sp³-hybridized carbons (Fsp3) is 0.0588. The Hall–Kier alpha value is -2.46. The van der Waals surface area contributed by atoms with E-state index in [1.807, 2.05) is 24.3 Å². The van der Waals surface area contributed by atoms with Crippen molar-refractivity contribution in [2.75, 3.05) is 7.11 Å². The molecule has 5 heteroatoms. The number of aromatic nitrogens is 2. The first kappa shape index (κ1) is 14.5. The summed E-state index contributed by atoms with van der Waals surface area (Å²) in [6, 6.07) is 15.2. The first-order valence-electron chi connectivity index (χ1n) is 6.60. The molecule has 0 aliphatic carbocycles. The van der Waals surface area contributed by atoms with Crippen molar-refractivity contribution in [2.24, 2.45) is 0 Å². The molecule has 22 heavy (non-hydrogen) atoms. The third kappa shape index (κ3) is 3.07. The SMILES string of the molecule is COc1cccc(-c2cc(Cl)nc(-c3ccc(F)cc3)n2)c1. The number of nitrogens with zero attached hydrogens (tertiary/aromatic N) is 2. The molecule has 2 aromatic carbocycles. The molecule has 110 valence electrons. The summed E-state index contributed by atoms with van der Waals surface area (Å²) in [4.78, 5) is 8.71. The Morgan fingerprint density at radius 1 is 0.955 bits per heavy atom. The van der Waals surface area contributed by atoms with E-state index in [0.29, 0.717) is 22.2 Å². The third-order valence-corrected chi connectivity index (χ3v) is 3.36. The van der Waals surface area contributed by atoms with Crippen LogP contribution in [0.2, 0.25) is 5.15 Å². The van der Waals surface area contributed by atoms with Gasteiger partial charge in [0.1, 0.15) is 16.7 Å². The van der Waals surface area contributed by atoms with Gasteiger partial charge < -0.3 is 4.74 Å². The number of hydrogen-bond acceptors (Lipinski definition) is 3. The van der Waals surface area contributed by atoms with Gasteiger partial charge in [-0.15, -0.1) is 0 Å². The lowest BCUT2D eigenvalue weighted by Crippen LogP contribution is -1.93. The average molecular weight is 315 g/mol. The molecule has 3 nitrogen and oxygen atoms in total. The zero-order valence-electron chi connectivity index (χ0n) is 11.8. The molecule has 3 aromatic rings. The number of hydrogen-bond donors (Lipinski definition) is 0. The lowest BCUT2D eigenvalue weighted by atomic mass is 10.1. The average Bonchev–Trinajstić information content (AvgIpc) is 2.55. The second-order valence-corrected chi connectivity index (χ2v) is 5.03. The minimum atomic E-state index is -0.307. The molecule has 0 atom stereocenters. The van der Waals surface area contributed by atoms with Crippen LogP contribution in [-0.2, 0) is 0 Å². The van der Waals surface area contributed by atoms with Gasteiger partial charge in [-0.25, -0.2) is 14.4 Å². The van der Waals surface area contributed by atoms with E-state index < -0.39 is 0 Å². The van der Waals surface area contributed by atoms with Crippen LogP contribution in [0.5, 0.6) is 5.75 Å². The van der Waals surface area contributed by atoms with Crippen molar-refractivity contribution in [3.8, 4) is 28.4 Å². The Balaban J connectivity index is 2.08. The normalized spacial score (nSPS) is 10.5. The van der Waals surface area contributed by atoms with Gasteiger partial charge in [-0.05, 0) is 36.4 Å². The largest absolute Gasteiger partial charge is 0.497 e. The smallest absolute Gasteiger partial charge is 0.161 e. The summed E-state index contributed by atoms with van der Waals surface area (Å²) in [6.07, 6.45) is 0. The zero-order chi connectivity index (χ0) is 15.5. The minimum Gasteiger partial charge on any atom is -0.497 e. The van der Waals surface area contributed by atoms with Crippen molar-refractivity contribution < 1.29 is 9.13 Å². The molecule has 1 aromatic heterocycles. The first-order chi connectivity index (χ1) is 10.7. The molecule has 0 bridgehead atoms. The van der Waals surface area contributed by atoms with Gasteiger partial charge in [0.05, 0.1) is 12.8 Å². The lowest BCUT2D eigenvalue weighted by molar-refractivity contribution is 0.415. The van der Waals surface area contributed by atoms with E-state index in [2.05, 4.69) is 9.97 Å². The summed E-state index contributed by atoms with van der Waals surface area (Å²) in [5.74, 6) is 0.875. The van der Waals surface area contributed by atoms with Crippen LogP contribution >= 0.6 is 11.6 Å². The molecule has 0 radical (unpaired) electrons. The van der Waals surface area contributed by atoms with Gasteiger partial charge in [-0.3, -0.25) is 0 Å². The molecule has 0 spiro atoms. The monoisotopic (exact) mass is 314 g/mol. The fourth-order valence-corrected chi connectivity index (χ4v) is 2.26. The Morgan fingerprint density at radius 3 is 2.45 bits per heavy atom. The maximum absolute atomic E-state index is 13.0. The van der Waals surface area contributed by atoms with Gasteiger partial charge in [0.25, 0.3) is 0 Å². The summed E-state index contributed by atoms with van der Waals surface area (Å²) >= 11 is 6.10. The predicted octanol–water partition coefficient (Wildman–Crippen LogP) is 4.61. The number of methoxy groups -OCH3 is 1. The van der Waals surface area contributed by atoms with Crippen LogP contribution in [0, 0.1) is 5.82 Å². The highest BCUT2D eigenvalue weighted by Gasteiger charge is 2.08. The van der Waals surface area contributed by atoms with Crippen LogP contribution in [0.15, 0.2) is 54.6 Å². The van der Waals surface area contributed by atoms with E-state index in [-0.39, 0.29) is 5.82 Å². The molecule has 0 saturated carbocycles. The van der Waals surface area contributed by atoms with E-state index in [4.69, 9.17) is 16.3 Å². The highest BCUT2D eigenvalue weighted by molar-refractivity contribution is 6.29. The summed E-state index contributed by atoms with van der Waals surface area (Å²) < 4.78 is 18.2. The Kier molecular flexibility index (Phi) is 4.02. The van der Waals surface area contributed by atoms with E-state index in [1.165, 1.54) is 12.1 Å². The number of halogens is 2. The summed E-state index contributed by atoms with van der Waals surface area (Å²) in [5, 5.41) is 0.326. The summed E-state index contributed by atoms with van der Waals surface area (Å²) in [6.45, 7) is 0. The highest BCUT2D eigenvalue weighted by atomic mass is 35.5. The fourth-order valence-electron chi connectivity index (χ4n) is 2.08. The molecule has 0 N–H and O–H groups in total. The van der Waals surface area contributed by atoms with Crippen LogP contribution in [0.3, 0.4) is 0 Å². The second kappa shape index (κ2) is 6.12. The number of rotatable bonds is 3. The lowest BCUT2D eigenvalue weighted by Gasteiger charge is -2.07. The zero-order valence-corrected chi connectivity index (χ0v) is 12.5. The van der Waals surface area contributed by atoms with Gasteiger partial charge in [0.15, 0.2) is 5.82 Å². The Bertz CT molecular complexity index is 806. The van der Waals surface area contributed by atoms with Crippen LogP contribution in [0.4, 0.5) is 4.39 Å². The van der Waals surface area contributed by atoms with Gasteiger partial charge in [0, 0.05) is 17.2 Å². The van der Waals surface area contributed by atoms with Crippen LogP contribution in [-0.4, -0.2) is 17.1 Å². The molecule has 0 unspecified atom stereocenters. The molecule has 0 fully saturated rings. The molecular weight excluding hydrogens is 303 g/mol. The van der Waals surface area contributed by atoms with Crippen molar-refractivity contribution in [3.63, 3.8) is 0 Å². The van der Waals surface area contributed by atoms with Crippen molar-refractivity contribution in [3.05, 3.63) is 65.6 Å². The molecule has 0 amide bonds. The summed E-state index contributed by atoms with van der Waals surface area (Å²) in [7, 11) is 1.61. The van der Waals surface area contributed by atoms with Gasteiger partial charge >= 0.3 is 0 Å². The van der Waals surface area contributed by atoms with E-state index >= 15 is 0 Å². The first-order valence-corrected chi connectivity index (χ1v) is 6.98. The Morgan fingerprint density at radius 2 is 1.73 bits per heavy atom. The highest BCUT2D eigenvalue weighted by Crippen LogP contribution is 2.26. The van der Waals surface area contributed by atoms with Crippen molar-refractivity contribution in [1.29, 1.82) is 0 Å². The minimum absolute atomic E-state index is 0.307. The molecule has 1 heterocycles. The molecule has 0 saturated heterocycles. The number of benzene rings is 2. The molecule has 0 aliphatic rings. The van der Waals surface area contributed by atoms with Crippen molar-refractivity contribution >= 4 is 11.6 Å². The molecule has 3 rings (SSSR count). The second-order valence-electron chi connectivity index (χ2n) is 4.64. The summed E-state index contributed by atoms with van der Waals surface area (Å²) in [5.41, 5.74) is 2.25. The van der Waals surface area contributed by atoms with Crippen LogP contribution < -0.4 is 4.74 Å². The topological polar surface area (TPSA) is 35.0 Å². The van der Waals surface area contributed by atoms with E-state index in [1.54, 1.807) is 25.3 Å². The van der Waals surface area contributed by atoms with E-state index in [9.17, 15) is 4.39 Å². The van der Waals surface area contributed by atoms with Gasteiger partial charge in [-0.2, -0.15) is 0 Å². The third-order valence-electron chi connectivity index (χ3n) is 3.16. The van der Waals surface area contributed by atoms with Gasteiger partial charge in [-0.1, -0.05) is 23.7 Å². The van der Waals surface area contributed by atoms with Gasteiger partial charge in [0.2, 0.25) is 0 Å². The molecular formula is C17H12ClFN2O. The predicted molar refractivity (Wildman–Crippen MR) is 84.4 cm³/mol. The van der Waals surface area contributed by atoms with Crippen molar-refractivity contribution in [2.45, 2.75) is 0 Å². The maximum atomic E-state index is 13.0. The quantitative estimate of drug-likeness (QED) is 0.662. The number of ether oxygens (including phenoxy) is 1.